The minimum absolute atomic E-state index is 0.0748. The first-order chi connectivity index (χ1) is 15.5. The number of aryl methyl sites for hydroxylation is 1. The molecule has 7 nitrogen and oxygen atoms in total. The third-order valence-corrected chi connectivity index (χ3v) is 6.34. The SMILES string of the molecule is COc1ccc(C2C(C#N)=C(C(=C=[N-])C#N)NC(O)(C3CC3)C2[n+]2ccccc2C)cc1. The van der Waals surface area contributed by atoms with Crippen LogP contribution in [0.4, 0.5) is 0 Å². The lowest BCUT2D eigenvalue weighted by molar-refractivity contribution is -0.747. The van der Waals surface area contributed by atoms with Crippen molar-refractivity contribution in [3.05, 3.63) is 82.2 Å². The first-order valence-electron chi connectivity index (χ1n) is 10.4. The Morgan fingerprint density at radius 2 is 1.94 bits per heavy atom. The summed E-state index contributed by atoms with van der Waals surface area (Å²) in [6.07, 6.45) is 3.52. The van der Waals surface area contributed by atoms with Gasteiger partial charge in [0, 0.05) is 25.0 Å². The van der Waals surface area contributed by atoms with Crippen molar-refractivity contribution in [3.8, 4) is 17.9 Å². The summed E-state index contributed by atoms with van der Waals surface area (Å²) in [6, 6.07) is 16.6. The Balaban J connectivity index is 2.04. The summed E-state index contributed by atoms with van der Waals surface area (Å²) in [4.78, 5) is 0. The van der Waals surface area contributed by atoms with Crippen LogP contribution in [0.15, 0.2) is 65.5 Å². The second kappa shape index (κ2) is 8.32. The number of aliphatic hydroxyl groups is 1. The van der Waals surface area contributed by atoms with Gasteiger partial charge >= 0.3 is 0 Å². The van der Waals surface area contributed by atoms with E-state index >= 15 is 0 Å². The molecule has 3 atom stereocenters. The quantitative estimate of drug-likeness (QED) is 0.434. The van der Waals surface area contributed by atoms with Gasteiger partial charge in [-0.15, -0.1) is 0 Å². The van der Waals surface area contributed by atoms with Crippen molar-refractivity contribution in [2.75, 3.05) is 7.11 Å². The fraction of sp³-hybridized carbons (Fsp3) is 0.320. The van der Waals surface area contributed by atoms with Crippen LogP contribution in [0.1, 0.15) is 36.1 Å². The average molecular weight is 425 g/mol. The third kappa shape index (κ3) is 3.44. The smallest absolute Gasteiger partial charge is 0.217 e. The minimum Gasteiger partial charge on any atom is -0.762 e. The van der Waals surface area contributed by atoms with Crippen LogP contribution in [0.3, 0.4) is 0 Å². The van der Waals surface area contributed by atoms with Crippen molar-refractivity contribution in [2.45, 2.75) is 37.5 Å². The van der Waals surface area contributed by atoms with E-state index in [1.54, 1.807) is 19.2 Å². The first-order valence-corrected chi connectivity index (χ1v) is 10.4. The maximum absolute atomic E-state index is 12.1. The van der Waals surface area contributed by atoms with E-state index < -0.39 is 17.7 Å². The number of pyridine rings is 1. The van der Waals surface area contributed by atoms with Gasteiger partial charge in [-0.25, -0.2) is 5.87 Å². The number of aromatic nitrogens is 1. The second-order valence-electron chi connectivity index (χ2n) is 8.17. The number of allylic oxidation sites excluding steroid dienone is 2. The summed E-state index contributed by atoms with van der Waals surface area (Å²) in [5.74, 6) is 1.89. The van der Waals surface area contributed by atoms with Gasteiger partial charge < -0.3 is 20.6 Å². The van der Waals surface area contributed by atoms with E-state index in [1.807, 2.05) is 60.0 Å². The molecule has 0 bridgehead atoms. The Bertz CT molecular complexity index is 1210. The highest BCUT2D eigenvalue weighted by atomic mass is 16.5. The molecule has 1 aliphatic heterocycles. The van der Waals surface area contributed by atoms with Crippen molar-refractivity contribution in [1.82, 2.24) is 5.32 Å². The molecule has 0 radical (unpaired) electrons. The average Bonchev–Trinajstić information content (AvgIpc) is 3.66. The summed E-state index contributed by atoms with van der Waals surface area (Å²) in [6.45, 7) is 1.95. The molecular formula is C25H23N5O2. The molecule has 2 aliphatic rings. The lowest BCUT2D eigenvalue weighted by atomic mass is 9.73. The molecule has 1 saturated carbocycles. The van der Waals surface area contributed by atoms with Crippen molar-refractivity contribution < 1.29 is 14.4 Å². The highest BCUT2D eigenvalue weighted by Crippen LogP contribution is 2.52. The van der Waals surface area contributed by atoms with E-state index in [1.165, 1.54) is 0 Å². The zero-order valence-corrected chi connectivity index (χ0v) is 17.9. The normalized spacial score (nSPS) is 24.5. The third-order valence-electron chi connectivity index (χ3n) is 6.34. The Morgan fingerprint density at radius 1 is 1.22 bits per heavy atom. The topological polar surface area (TPSA) is 115 Å². The highest BCUT2D eigenvalue weighted by Gasteiger charge is 2.61. The van der Waals surface area contributed by atoms with Gasteiger partial charge in [0.2, 0.25) is 11.8 Å². The van der Waals surface area contributed by atoms with E-state index in [0.29, 0.717) is 5.75 Å². The molecule has 1 aromatic carbocycles. The van der Waals surface area contributed by atoms with Crippen molar-refractivity contribution >= 4 is 5.87 Å². The number of nitrogens with zero attached hydrogens (tertiary/aromatic N) is 4. The monoisotopic (exact) mass is 425 g/mol. The predicted molar refractivity (Wildman–Crippen MR) is 117 cm³/mol. The van der Waals surface area contributed by atoms with E-state index in [-0.39, 0.29) is 22.8 Å². The summed E-state index contributed by atoms with van der Waals surface area (Å²) in [5.41, 5.74) is 0.402. The second-order valence-corrected chi connectivity index (χ2v) is 8.17. The lowest BCUT2D eigenvalue weighted by Crippen LogP contribution is -2.66. The molecule has 0 saturated heterocycles. The molecule has 4 rings (SSSR count). The maximum Gasteiger partial charge on any atom is 0.217 e. The van der Waals surface area contributed by atoms with Crippen molar-refractivity contribution in [2.24, 2.45) is 5.92 Å². The van der Waals surface area contributed by atoms with Crippen LogP contribution in [0.5, 0.6) is 5.75 Å². The van der Waals surface area contributed by atoms with E-state index in [4.69, 9.17) is 4.74 Å². The Hall–Kier alpha value is -3.90. The van der Waals surface area contributed by atoms with Crippen LogP contribution >= 0.6 is 0 Å². The number of hydrogen-bond donors (Lipinski definition) is 2. The largest absolute Gasteiger partial charge is 0.762 e. The molecule has 3 unspecified atom stereocenters. The molecule has 0 spiro atoms. The van der Waals surface area contributed by atoms with Gasteiger partial charge in [0.05, 0.1) is 35.9 Å². The van der Waals surface area contributed by atoms with Crippen LogP contribution < -0.4 is 14.6 Å². The van der Waals surface area contributed by atoms with E-state index in [9.17, 15) is 21.0 Å². The van der Waals surface area contributed by atoms with Crippen LogP contribution in [0.2, 0.25) is 0 Å². The van der Waals surface area contributed by atoms with Crippen LogP contribution in [-0.2, 0) is 0 Å². The molecule has 0 amide bonds. The number of methoxy groups -OCH3 is 1. The molecule has 1 fully saturated rings. The standard InChI is InChI=1S/C25H23N5O2/c1-16-5-3-4-12-30(16)24-22(17-6-10-20(32-2)11-7-17)21(15-28)23(18(13-26)14-27)29-25(24,31)19-8-9-19/h3-7,10-12,19,22,24,29,31H,8-9H2,1-2H3. The summed E-state index contributed by atoms with van der Waals surface area (Å²) < 4.78 is 7.27. The number of hydrogen-bond acceptors (Lipinski definition) is 5. The maximum atomic E-state index is 12.1. The molecule has 7 heteroatoms. The molecule has 2 N–H and O–H groups in total. The predicted octanol–water partition coefficient (Wildman–Crippen LogP) is 2.78. The minimum atomic E-state index is -1.45. The molecule has 160 valence electrons. The summed E-state index contributed by atoms with van der Waals surface area (Å²) >= 11 is 0. The number of nitrogens with one attached hydrogen (secondary N) is 1. The molecule has 2 aromatic rings. The van der Waals surface area contributed by atoms with Gasteiger partial charge in [-0.1, -0.05) is 18.2 Å². The highest BCUT2D eigenvalue weighted by molar-refractivity contribution is 5.74. The Kier molecular flexibility index (Phi) is 5.55. The lowest BCUT2D eigenvalue weighted by Gasteiger charge is -2.43. The van der Waals surface area contributed by atoms with E-state index in [2.05, 4.69) is 11.4 Å². The zero-order chi connectivity index (χ0) is 22.9. The van der Waals surface area contributed by atoms with Crippen LogP contribution in [0, 0.1) is 35.5 Å². The van der Waals surface area contributed by atoms with Crippen molar-refractivity contribution in [3.63, 3.8) is 0 Å². The Morgan fingerprint density at radius 3 is 2.47 bits per heavy atom. The van der Waals surface area contributed by atoms with Gasteiger partial charge in [0.25, 0.3) is 0 Å². The fourth-order valence-electron chi connectivity index (χ4n) is 4.62. The fourth-order valence-corrected chi connectivity index (χ4v) is 4.62. The molecule has 2 heterocycles. The van der Waals surface area contributed by atoms with Gasteiger partial charge in [0.15, 0.2) is 11.9 Å². The van der Waals surface area contributed by atoms with Gasteiger partial charge in [0.1, 0.15) is 11.8 Å². The van der Waals surface area contributed by atoms with Gasteiger partial charge in [-0.2, -0.15) is 15.1 Å². The van der Waals surface area contributed by atoms with Crippen LogP contribution in [-0.4, -0.2) is 23.8 Å². The van der Waals surface area contributed by atoms with Crippen molar-refractivity contribution in [1.29, 1.82) is 10.5 Å². The first kappa shape index (κ1) is 21.3. The molecule has 1 aliphatic carbocycles. The van der Waals surface area contributed by atoms with Gasteiger partial charge in [-0.05, 0) is 30.5 Å². The number of nitriles is 2. The molecular weight excluding hydrogens is 402 g/mol. The summed E-state index contributed by atoms with van der Waals surface area (Å²) in [5, 5.41) is 44.5. The van der Waals surface area contributed by atoms with E-state index in [0.717, 1.165) is 24.1 Å². The number of rotatable bonds is 5. The summed E-state index contributed by atoms with van der Waals surface area (Å²) in [7, 11) is 1.58. The van der Waals surface area contributed by atoms with Crippen LogP contribution in [0.25, 0.3) is 5.41 Å². The Labute approximate surface area is 187 Å². The van der Waals surface area contributed by atoms with Gasteiger partial charge in [-0.3, -0.25) is 0 Å². The number of ether oxygens (including phenoxy) is 1. The molecule has 32 heavy (non-hydrogen) atoms. The number of benzene rings is 1. The molecule has 1 aromatic heterocycles. The zero-order valence-electron chi connectivity index (χ0n) is 17.9.